The average molecular weight is 317 g/mol. The van der Waals surface area contributed by atoms with Gasteiger partial charge in [-0.05, 0) is 67.3 Å². The zero-order valence-electron chi connectivity index (χ0n) is 13.4. The topological polar surface area (TPSA) is 38.3 Å². The van der Waals surface area contributed by atoms with Crippen molar-refractivity contribution in [3.63, 3.8) is 0 Å². The van der Waals surface area contributed by atoms with Gasteiger partial charge < -0.3 is 10.1 Å². The Bertz CT molecular complexity index is 600. The van der Waals surface area contributed by atoms with Crippen LogP contribution in [0, 0.1) is 0 Å². The monoisotopic (exact) mass is 317 g/mol. The Balaban J connectivity index is 1.78. The van der Waals surface area contributed by atoms with Crippen molar-refractivity contribution < 1.29 is 9.53 Å². The minimum absolute atomic E-state index is 0.138. The molecule has 0 fully saturated rings. The van der Waals surface area contributed by atoms with Crippen molar-refractivity contribution in [1.82, 2.24) is 0 Å². The summed E-state index contributed by atoms with van der Waals surface area (Å²) in [6.45, 7) is 6.42. The van der Waals surface area contributed by atoms with Crippen molar-refractivity contribution in [3.05, 3.63) is 41.1 Å². The van der Waals surface area contributed by atoms with Gasteiger partial charge in [-0.15, -0.1) is 0 Å². The highest BCUT2D eigenvalue weighted by molar-refractivity contribution is 7.08. The second kappa shape index (κ2) is 7.45. The van der Waals surface area contributed by atoms with Gasteiger partial charge in [0.05, 0.1) is 0 Å². The fraction of sp³-hybridized carbons (Fsp3) is 0.389. The van der Waals surface area contributed by atoms with E-state index >= 15 is 0 Å². The third-order valence-corrected chi connectivity index (χ3v) is 3.71. The molecule has 2 aromatic rings. The number of anilines is 1. The molecule has 22 heavy (non-hydrogen) atoms. The first-order chi connectivity index (χ1) is 10.4. The predicted molar refractivity (Wildman–Crippen MR) is 93.3 cm³/mol. The van der Waals surface area contributed by atoms with E-state index in [-0.39, 0.29) is 5.97 Å². The van der Waals surface area contributed by atoms with Gasteiger partial charge in [-0.2, -0.15) is 11.3 Å². The summed E-state index contributed by atoms with van der Waals surface area (Å²) in [4.78, 5) is 11.6. The number of ether oxygens (including phenoxy) is 1. The number of carbonyl (C=O) groups is 1. The molecule has 0 aliphatic heterocycles. The van der Waals surface area contributed by atoms with Gasteiger partial charge in [-0.3, -0.25) is 4.79 Å². The van der Waals surface area contributed by atoms with Crippen LogP contribution in [0.1, 0.15) is 33.6 Å². The molecule has 1 heterocycles. The molecular weight excluding hydrogens is 294 g/mol. The maximum Gasteiger partial charge on any atom is 0.306 e. The summed E-state index contributed by atoms with van der Waals surface area (Å²) in [5.41, 5.74) is 3.12. The molecule has 0 radical (unpaired) electrons. The molecule has 2 rings (SSSR count). The van der Waals surface area contributed by atoms with Gasteiger partial charge in [0.1, 0.15) is 5.60 Å². The first-order valence-corrected chi connectivity index (χ1v) is 8.47. The van der Waals surface area contributed by atoms with Crippen LogP contribution in [-0.2, 0) is 9.53 Å². The third kappa shape index (κ3) is 5.53. The van der Waals surface area contributed by atoms with Gasteiger partial charge in [0.25, 0.3) is 0 Å². The van der Waals surface area contributed by atoms with Crippen LogP contribution in [0.3, 0.4) is 0 Å². The van der Waals surface area contributed by atoms with E-state index in [0.29, 0.717) is 6.42 Å². The second-order valence-electron chi connectivity index (χ2n) is 6.21. The lowest BCUT2D eigenvalue weighted by Gasteiger charge is -2.19. The van der Waals surface area contributed by atoms with E-state index in [1.807, 2.05) is 32.9 Å². The van der Waals surface area contributed by atoms with Crippen molar-refractivity contribution in [2.75, 3.05) is 11.9 Å². The van der Waals surface area contributed by atoms with E-state index in [4.69, 9.17) is 4.74 Å². The van der Waals surface area contributed by atoms with Crippen LogP contribution in [0.5, 0.6) is 0 Å². The minimum atomic E-state index is -0.403. The summed E-state index contributed by atoms with van der Waals surface area (Å²) in [5, 5.41) is 7.58. The van der Waals surface area contributed by atoms with Gasteiger partial charge >= 0.3 is 5.97 Å². The van der Waals surface area contributed by atoms with E-state index in [2.05, 4.69) is 34.3 Å². The summed E-state index contributed by atoms with van der Waals surface area (Å²) in [6.07, 6.45) is 1.20. The molecule has 1 N–H and O–H groups in total. The summed E-state index contributed by atoms with van der Waals surface area (Å²) in [7, 11) is 0. The molecule has 4 heteroatoms. The molecule has 0 spiro atoms. The SMILES string of the molecule is CC(C)(C)OC(=O)CCCNc1cccc(-c2ccsc2)c1. The second-order valence-corrected chi connectivity index (χ2v) is 6.99. The Labute approximate surface area is 136 Å². The molecule has 0 unspecified atom stereocenters. The van der Waals surface area contributed by atoms with Crippen LogP contribution in [0.15, 0.2) is 41.1 Å². The minimum Gasteiger partial charge on any atom is -0.460 e. The summed E-state index contributed by atoms with van der Waals surface area (Å²) in [6, 6.07) is 10.4. The third-order valence-electron chi connectivity index (χ3n) is 3.02. The molecule has 0 bridgehead atoms. The van der Waals surface area contributed by atoms with Gasteiger partial charge in [0.15, 0.2) is 0 Å². The molecule has 118 valence electrons. The Kier molecular flexibility index (Phi) is 5.61. The zero-order valence-corrected chi connectivity index (χ0v) is 14.2. The fourth-order valence-electron chi connectivity index (χ4n) is 2.10. The van der Waals surface area contributed by atoms with Crippen molar-refractivity contribution in [2.24, 2.45) is 0 Å². The van der Waals surface area contributed by atoms with Crippen molar-refractivity contribution in [3.8, 4) is 11.1 Å². The lowest BCUT2D eigenvalue weighted by Crippen LogP contribution is -2.24. The highest BCUT2D eigenvalue weighted by Crippen LogP contribution is 2.24. The van der Waals surface area contributed by atoms with E-state index < -0.39 is 5.60 Å². The van der Waals surface area contributed by atoms with Gasteiger partial charge in [-0.25, -0.2) is 0 Å². The molecular formula is C18H23NO2S. The van der Waals surface area contributed by atoms with Crippen molar-refractivity contribution in [1.29, 1.82) is 0 Å². The lowest BCUT2D eigenvalue weighted by atomic mass is 10.1. The molecule has 0 saturated heterocycles. The number of hydrogen-bond donors (Lipinski definition) is 1. The lowest BCUT2D eigenvalue weighted by molar-refractivity contribution is -0.154. The van der Waals surface area contributed by atoms with Crippen molar-refractivity contribution in [2.45, 2.75) is 39.2 Å². The van der Waals surface area contributed by atoms with E-state index in [1.165, 1.54) is 11.1 Å². The highest BCUT2D eigenvalue weighted by atomic mass is 32.1. The fourth-order valence-corrected chi connectivity index (χ4v) is 2.76. The number of rotatable bonds is 6. The molecule has 1 aromatic heterocycles. The number of esters is 1. The molecule has 0 atom stereocenters. The summed E-state index contributed by atoms with van der Waals surface area (Å²) in [5.74, 6) is -0.138. The molecule has 1 aromatic carbocycles. The van der Waals surface area contributed by atoms with Crippen LogP contribution in [0.25, 0.3) is 11.1 Å². The number of benzene rings is 1. The zero-order chi connectivity index (χ0) is 16.0. The molecule has 3 nitrogen and oxygen atoms in total. The van der Waals surface area contributed by atoms with Crippen molar-refractivity contribution >= 4 is 23.0 Å². The van der Waals surface area contributed by atoms with Gasteiger partial charge in [-0.1, -0.05) is 12.1 Å². The number of carbonyl (C=O) groups excluding carboxylic acids is 1. The van der Waals surface area contributed by atoms with Crippen LogP contribution < -0.4 is 5.32 Å². The molecule has 0 amide bonds. The smallest absolute Gasteiger partial charge is 0.306 e. The molecule has 0 aliphatic carbocycles. The van der Waals surface area contributed by atoms with E-state index in [0.717, 1.165) is 18.7 Å². The predicted octanol–water partition coefficient (Wildman–Crippen LogP) is 4.95. The number of nitrogens with one attached hydrogen (secondary N) is 1. The summed E-state index contributed by atoms with van der Waals surface area (Å²) >= 11 is 1.70. The van der Waals surface area contributed by atoms with Gasteiger partial charge in [0.2, 0.25) is 0 Å². The normalized spacial score (nSPS) is 11.2. The number of thiophene rings is 1. The summed E-state index contributed by atoms with van der Waals surface area (Å²) < 4.78 is 5.29. The molecule has 0 saturated carbocycles. The van der Waals surface area contributed by atoms with Crippen LogP contribution in [-0.4, -0.2) is 18.1 Å². The first-order valence-electron chi connectivity index (χ1n) is 7.52. The number of hydrogen-bond acceptors (Lipinski definition) is 4. The Morgan fingerprint density at radius 2 is 2.05 bits per heavy atom. The van der Waals surface area contributed by atoms with E-state index in [1.54, 1.807) is 11.3 Å². The largest absolute Gasteiger partial charge is 0.460 e. The maximum atomic E-state index is 11.6. The standard InChI is InChI=1S/C18H23NO2S/c1-18(2,3)21-17(20)8-5-10-19-16-7-4-6-14(12-16)15-9-11-22-13-15/h4,6-7,9,11-13,19H,5,8,10H2,1-3H3. The maximum absolute atomic E-state index is 11.6. The molecule has 0 aliphatic rings. The average Bonchev–Trinajstić information content (AvgIpc) is 2.96. The van der Waals surface area contributed by atoms with Crippen LogP contribution in [0.2, 0.25) is 0 Å². The van der Waals surface area contributed by atoms with E-state index in [9.17, 15) is 4.79 Å². The van der Waals surface area contributed by atoms with Crippen LogP contribution in [0.4, 0.5) is 5.69 Å². The Hall–Kier alpha value is -1.81. The Morgan fingerprint density at radius 3 is 2.73 bits per heavy atom. The Morgan fingerprint density at radius 1 is 1.23 bits per heavy atom. The van der Waals surface area contributed by atoms with Gasteiger partial charge in [0, 0.05) is 18.7 Å². The van der Waals surface area contributed by atoms with Crippen LogP contribution >= 0.6 is 11.3 Å². The highest BCUT2D eigenvalue weighted by Gasteiger charge is 2.15. The quantitative estimate of drug-likeness (QED) is 0.605. The first kappa shape index (κ1) is 16.6.